The second kappa shape index (κ2) is 7.42. The number of rotatable bonds is 6. The number of oxazole rings is 1. The van der Waals surface area contributed by atoms with Crippen LogP contribution < -0.4 is 0 Å². The second-order valence-corrected chi connectivity index (χ2v) is 8.77. The third-order valence-electron chi connectivity index (χ3n) is 5.66. The zero-order valence-corrected chi connectivity index (χ0v) is 17.9. The Bertz CT molecular complexity index is 1360. The highest BCUT2D eigenvalue weighted by Crippen LogP contribution is 2.42. The van der Waals surface area contributed by atoms with Crippen molar-refractivity contribution in [3.8, 4) is 22.8 Å². The Morgan fingerprint density at radius 3 is 2.71 bits per heavy atom. The van der Waals surface area contributed by atoms with E-state index in [1.165, 1.54) is 18.2 Å². The summed E-state index contributed by atoms with van der Waals surface area (Å²) in [6, 6.07) is 18.8. The monoisotopic (exact) mass is 427 g/mol. The summed E-state index contributed by atoms with van der Waals surface area (Å²) in [7, 11) is 0. The smallest absolute Gasteiger partial charge is 0.226 e. The van der Waals surface area contributed by atoms with E-state index in [0.29, 0.717) is 17.7 Å². The molecule has 6 rings (SSSR count). The van der Waals surface area contributed by atoms with Gasteiger partial charge < -0.3 is 9.40 Å². The van der Waals surface area contributed by atoms with Crippen molar-refractivity contribution in [1.29, 1.82) is 0 Å². The number of fused-ring (bicyclic) bond motifs is 1. The van der Waals surface area contributed by atoms with Crippen molar-refractivity contribution in [3.63, 3.8) is 0 Å². The minimum absolute atomic E-state index is 0.472. The first-order chi connectivity index (χ1) is 15.3. The van der Waals surface area contributed by atoms with E-state index in [0.717, 1.165) is 39.1 Å². The fourth-order valence-electron chi connectivity index (χ4n) is 3.88. The summed E-state index contributed by atoms with van der Waals surface area (Å²) in [5.74, 6) is 3.14. The number of nitrogens with zero attached hydrogens (tertiary/aromatic N) is 4. The first-order valence-electron chi connectivity index (χ1n) is 10.4. The third-order valence-corrected chi connectivity index (χ3v) is 6.61. The van der Waals surface area contributed by atoms with Gasteiger partial charge in [0.1, 0.15) is 5.76 Å². The van der Waals surface area contributed by atoms with Crippen LogP contribution in [0.5, 0.6) is 0 Å². The average molecular weight is 428 g/mol. The van der Waals surface area contributed by atoms with Gasteiger partial charge in [-0.05, 0) is 38.0 Å². The molecule has 3 heterocycles. The molecule has 3 aromatic heterocycles. The van der Waals surface area contributed by atoms with Gasteiger partial charge in [0.2, 0.25) is 5.89 Å². The Morgan fingerprint density at radius 2 is 1.87 bits per heavy atom. The number of aromatic amines is 1. The quantitative estimate of drug-likeness (QED) is 0.336. The maximum atomic E-state index is 5.92. The average Bonchev–Trinajstić information content (AvgIpc) is 3.24. The predicted molar refractivity (Wildman–Crippen MR) is 122 cm³/mol. The molecule has 2 aromatic carbocycles. The molecule has 0 unspecified atom stereocenters. The maximum Gasteiger partial charge on any atom is 0.226 e. The van der Waals surface area contributed by atoms with E-state index in [2.05, 4.69) is 37.9 Å². The van der Waals surface area contributed by atoms with Crippen LogP contribution >= 0.6 is 11.8 Å². The van der Waals surface area contributed by atoms with Crippen LogP contribution in [-0.4, -0.2) is 24.7 Å². The number of aromatic nitrogens is 5. The fourth-order valence-corrected chi connectivity index (χ4v) is 4.88. The molecule has 0 amide bonds. The molecular weight excluding hydrogens is 406 g/mol. The van der Waals surface area contributed by atoms with Crippen LogP contribution in [0.4, 0.5) is 0 Å². The Morgan fingerprint density at radius 1 is 1.06 bits per heavy atom. The number of hydrogen-bond acceptors (Lipinski definition) is 5. The Balaban J connectivity index is 1.30. The zero-order chi connectivity index (χ0) is 20.8. The number of thioether (sulfide) groups is 1. The molecule has 5 aromatic rings. The van der Waals surface area contributed by atoms with E-state index in [4.69, 9.17) is 9.40 Å². The lowest BCUT2D eigenvalue weighted by atomic mass is 10.1. The highest BCUT2D eigenvalue weighted by molar-refractivity contribution is 7.98. The molecule has 1 aliphatic rings. The van der Waals surface area contributed by atoms with E-state index in [9.17, 15) is 0 Å². The van der Waals surface area contributed by atoms with Crippen LogP contribution in [0.15, 0.2) is 70.4 Å². The number of H-pyrrole nitrogens is 1. The normalized spacial score (nSPS) is 13.8. The summed E-state index contributed by atoms with van der Waals surface area (Å²) >= 11 is 1.67. The summed E-state index contributed by atoms with van der Waals surface area (Å²) < 4.78 is 8.22. The van der Waals surface area contributed by atoms with Crippen molar-refractivity contribution >= 4 is 22.7 Å². The van der Waals surface area contributed by atoms with Gasteiger partial charge in [-0.15, -0.1) is 10.2 Å². The highest BCUT2D eigenvalue weighted by atomic mass is 32.2. The minimum Gasteiger partial charge on any atom is -0.441 e. The largest absolute Gasteiger partial charge is 0.441 e. The maximum absolute atomic E-state index is 5.92. The molecule has 1 fully saturated rings. The molecule has 1 aliphatic carbocycles. The number of hydrogen-bond donors (Lipinski definition) is 1. The van der Waals surface area contributed by atoms with Crippen LogP contribution in [0.1, 0.15) is 30.3 Å². The van der Waals surface area contributed by atoms with Gasteiger partial charge in [-0.25, -0.2) is 4.98 Å². The molecular formula is C24H21N5OS. The molecule has 0 atom stereocenters. The molecule has 7 heteroatoms. The summed E-state index contributed by atoms with van der Waals surface area (Å²) in [6.07, 6.45) is 4.38. The first-order valence-corrected chi connectivity index (χ1v) is 11.4. The van der Waals surface area contributed by atoms with Crippen LogP contribution in [0, 0.1) is 6.92 Å². The molecule has 0 saturated heterocycles. The van der Waals surface area contributed by atoms with Gasteiger partial charge in [-0.1, -0.05) is 48.2 Å². The Hall–Kier alpha value is -3.32. The van der Waals surface area contributed by atoms with Gasteiger partial charge in [-0.2, -0.15) is 0 Å². The van der Waals surface area contributed by atoms with Gasteiger partial charge in [-0.3, -0.25) is 4.57 Å². The van der Waals surface area contributed by atoms with Crippen molar-refractivity contribution in [3.05, 3.63) is 72.2 Å². The Kier molecular flexibility index (Phi) is 4.42. The minimum atomic E-state index is 0.472. The molecule has 6 nitrogen and oxygen atoms in total. The van der Waals surface area contributed by atoms with Crippen molar-refractivity contribution < 1.29 is 4.42 Å². The molecule has 0 radical (unpaired) electrons. The van der Waals surface area contributed by atoms with Gasteiger partial charge in [0, 0.05) is 40.0 Å². The highest BCUT2D eigenvalue weighted by Gasteiger charge is 2.31. The molecule has 31 heavy (non-hydrogen) atoms. The van der Waals surface area contributed by atoms with Crippen LogP contribution in [0.25, 0.3) is 33.7 Å². The molecule has 0 spiro atoms. The van der Waals surface area contributed by atoms with Crippen molar-refractivity contribution in [2.75, 3.05) is 0 Å². The standard InChI is InChI=1S/C24H21N5OS/c1-15-21(26-23(30-15)16-7-3-2-4-8-16)14-31-24-28-27-22(29(24)17-11-12-17)19-13-25-20-10-6-5-9-18(19)20/h2-10,13,17,25H,11-12,14H2,1H3. The lowest BCUT2D eigenvalue weighted by Gasteiger charge is -2.08. The van der Waals surface area contributed by atoms with E-state index in [1.807, 2.05) is 49.5 Å². The zero-order valence-electron chi connectivity index (χ0n) is 17.1. The third kappa shape index (κ3) is 3.35. The summed E-state index contributed by atoms with van der Waals surface area (Å²) in [5.41, 5.74) is 4.15. The van der Waals surface area contributed by atoms with Crippen molar-refractivity contribution in [2.24, 2.45) is 0 Å². The lowest BCUT2D eigenvalue weighted by Crippen LogP contribution is -1.99. The summed E-state index contributed by atoms with van der Waals surface area (Å²) in [4.78, 5) is 8.09. The lowest BCUT2D eigenvalue weighted by molar-refractivity contribution is 0.540. The Labute approximate surface area is 183 Å². The van der Waals surface area contributed by atoms with Gasteiger partial charge in [0.05, 0.1) is 5.69 Å². The first kappa shape index (κ1) is 18.4. The number of aryl methyl sites for hydroxylation is 1. The SMILES string of the molecule is Cc1oc(-c2ccccc2)nc1CSc1nnc(-c2c[nH]c3ccccc23)n1C1CC1. The van der Waals surface area contributed by atoms with E-state index < -0.39 is 0 Å². The second-order valence-electron chi connectivity index (χ2n) is 7.83. The fraction of sp³-hybridized carbons (Fsp3) is 0.208. The van der Waals surface area contributed by atoms with E-state index >= 15 is 0 Å². The summed E-state index contributed by atoms with van der Waals surface area (Å²) in [6.45, 7) is 1.97. The number of benzene rings is 2. The van der Waals surface area contributed by atoms with Gasteiger partial charge in [0.25, 0.3) is 0 Å². The van der Waals surface area contributed by atoms with Crippen LogP contribution in [0.3, 0.4) is 0 Å². The molecule has 0 aliphatic heterocycles. The van der Waals surface area contributed by atoms with Crippen molar-refractivity contribution in [1.82, 2.24) is 24.7 Å². The van der Waals surface area contributed by atoms with E-state index in [1.54, 1.807) is 11.8 Å². The van der Waals surface area contributed by atoms with Gasteiger partial charge in [0.15, 0.2) is 11.0 Å². The number of nitrogens with one attached hydrogen (secondary N) is 1. The summed E-state index contributed by atoms with van der Waals surface area (Å²) in [5, 5.41) is 11.3. The number of para-hydroxylation sites is 1. The molecule has 0 bridgehead atoms. The molecule has 154 valence electrons. The van der Waals surface area contributed by atoms with Crippen molar-refractivity contribution in [2.45, 2.75) is 36.7 Å². The molecule has 1 saturated carbocycles. The van der Waals surface area contributed by atoms with Gasteiger partial charge >= 0.3 is 0 Å². The van der Waals surface area contributed by atoms with Crippen LogP contribution in [0.2, 0.25) is 0 Å². The van der Waals surface area contributed by atoms with Crippen LogP contribution in [-0.2, 0) is 5.75 Å². The van der Waals surface area contributed by atoms with E-state index in [-0.39, 0.29) is 0 Å². The molecule has 1 N–H and O–H groups in total. The predicted octanol–water partition coefficient (Wildman–Crippen LogP) is 6.02. The topological polar surface area (TPSA) is 72.5 Å².